The van der Waals surface area contributed by atoms with Crippen LogP contribution in [-0.4, -0.2) is 67.3 Å². The van der Waals surface area contributed by atoms with Gasteiger partial charge in [-0.1, -0.05) is 6.07 Å². The fourth-order valence-corrected chi connectivity index (χ4v) is 2.76. The second-order valence-corrected chi connectivity index (χ2v) is 5.85. The van der Waals surface area contributed by atoms with Crippen LogP contribution in [0.4, 0.5) is 4.79 Å². The lowest BCUT2D eigenvalue weighted by Gasteiger charge is -2.33. The van der Waals surface area contributed by atoms with Gasteiger partial charge in [-0.05, 0) is 24.6 Å². The van der Waals surface area contributed by atoms with Gasteiger partial charge in [-0.2, -0.15) is 0 Å². The van der Waals surface area contributed by atoms with Gasteiger partial charge in [0.2, 0.25) is 6.79 Å². The molecular weight excluding hydrogens is 342 g/mol. The molecule has 1 aromatic carbocycles. The number of amides is 3. The number of rotatable bonds is 3. The van der Waals surface area contributed by atoms with E-state index in [0.29, 0.717) is 44.3 Å². The monoisotopic (exact) mass is 363 g/mol. The fraction of sp³-hybridized carbons (Fsp3) is 0.471. The van der Waals surface area contributed by atoms with Gasteiger partial charge in [0, 0.05) is 32.7 Å². The highest BCUT2D eigenvalue weighted by Crippen LogP contribution is 2.32. The topological polar surface area (TPSA) is 97.4 Å². The summed E-state index contributed by atoms with van der Waals surface area (Å²) in [6, 6.07) is 5.34. The van der Waals surface area contributed by atoms with E-state index in [0.717, 1.165) is 5.56 Å². The van der Waals surface area contributed by atoms with E-state index in [9.17, 15) is 14.4 Å². The summed E-state index contributed by atoms with van der Waals surface area (Å²) in [6.07, 6.45) is -0.396. The molecule has 26 heavy (non-hydrogen) atoms. The molecule has 0 aliphatic carbocycles. The summed E-state index contributed by atoms with van der Waals surface area (Å²) in [5.41, 5.74) is 0.808. The number of carbonyl (C=O) groups is 3. The van der Waals surface area contributed by atoms with Crippen LogP contribution in [0.5, 0.6) is 11.5 Å². The van der Waals surface area contributed by atoms with Crippen molar-refractivity contribution in [3.63, 3.8) is 0 Å². The molecule has 9 nitrogen and oxygen atoms in total. The molecule has 1 saturated heterocycles. The molecule has 2 aliphatic rings. The average Bonchev–Trinajstić information content (AvgIpc) is 3.13. The van der Waals surface area contributed by atoms with Gasteiger partial charge in [-0.15, -0.1) is 0 Å². The molecule has 3 rings (SSSR count). The first-order valence-corrected chi connectivity index (χ1v) is 8.46. The lowest BCUT2D eigenvalue weighted by molar-refractivity contribution is -0.146. The molecule has 2 heterocycles. The highest BCUT2D eigenvalue weighted by molar-refractivity contribution is 6.35. The molecular formula is C17H21N3O6. The number of fused-ring (bicyclic) bond motifs is 1. The SMILES string of the molecule is CCOC(=O)N1CCN(C(=O)C(=O)NCc2ccc3c(c2)OCO3)CC1. The van der Waals surface area contributed by atoms with Crippen molar-refractivity contribution in [2.24, 2.45) is 0 Å². The van der Waals surface area contributed by atoms with Gasteiger partial charge < -0.3 is 29.3 Å². The Morgan fingerprint density at radius 1 is 1.08 bits per heavy atom. The van der Waals surface area contributed by atoms with Gasteiger partial charge in [0.1, 0.15) is 0 Å². The van der Waals surface area contributed by atoms with Crippen molar-refractivity contribution in [1.29, 1.82) is 0 Å². The number of hydrogen-bond acceptors (Lipinski definition) is 6. The molecule has 1 aromatic rings. The molecule has 0 radical (unpaired) electrons. The van der Waals surface area contributed by atoms with E-state index in [4.69, 9.17) is 14.2 Å². The Morgan fingerprint density at radius 3 is 2.50 bits per heavy atom. The van der Waals surface area contributed by atoms with E-state index >= 15 is 0 Å². The van der Waals surface area contributed by atoms with E-state index in [-0.39, 0.29) is 13.3 Å². The molecule has 0 atom stereocenters. The highest BCUT2D eigenvalue weighted by Gasteiger charge is 2.28. The smallest absolute Gasteiger partial charge is 0.409 e. The van der Waals surface area contributed by atoms with Crippen molar-refractivity contribution in [2.45, 2.75) is 13.5 Å². The first-order chi connectivity index (χ1) is 12.6. The molecule has 2 aliphatic heterocycles. The van der Waals surface area contributed by atoms with Gasteiger partial charge in [-0.25, -0.2) is 4.79 Å². The van der Waals surface area contributed by atoms with Crippen LogP contribution in [0.15, 0.2) is 18.2 Å². The van der Waals surface area contributed by atoms with E-state index in [1.165, 1.54) is 9.80 Å². The zero-order chi connectivity index (χ0) is 18.5. The average molecular weight is 363 g/mol. The van der Waals surface area contributed by atoms with Crippen LogP contribution in [0.2, 0.25) is 0 Å². The van der Waals surface area contributed by atoms with Crippen molar-refractivity contribution in [3.8, 4) is 11.5 Å². The summed E-state index contributed by atoms with van der Waals surface area (Å²) in [5.74, 6) is 0.00953. The summed E-state index contributed by atoms with van der Waals surface area (Å²) in [4.78, 5) is 39.0. The van der Waals surface area contributed by atoms with Gasteiger partial charge >= 0.3 is 17.9 Å². The Morgan fingerprint density at radius 2 is 1.77 bits per heavy atom. The molecule has 140 valence electrons. The predicted octanol–water partition coefficient (Wildman–Crippen LogP) is 0.332. The summed E-state index contributed by atoms with van der Waals surface area (Å²) in [5, 5.41) is 2.61. The second-order valence-electron chi connectivity index (χ2n) is 5.85. The molecule has 3 amide bonds. The molecule has 0 bridgehead atoms. The fourth-order valence-electron chi connectivity index (χ4n) is 2.76. The normalized spacial score (nSPS) is 15.6. The minimum Gasteiger partial charge on any atom is -0.454 e. The molecule has 1 N–H and O–H groups in total. The lowest BCUT2D eigenvalue weighted by atomic mass is 10.2. The van der Waals surface area contributed by atoms with Crippen LogP contribution in [0.25, 0.3) is 0 Å². The van der Waals surface area contributed by atoms with Crippen LogP contribution < -0.4 is 14.8 Å². The Kier molecular flexibility index (Phi) is 5.45. The third-order valence-corrected chi connectivity index (χ3v) is 4.18. The Bertz CT molecular complexity index is 700. The number of nitrogens with one attached hydrogen (secondary N) is 1. The van der Waals surface area contributed by atoms with Crippen molar-refractivity contribution in [3.05, 3.63) is 23.8 Å². The van der Waals surface area contributed by atoms with Crippen molar-refractivity contribution in [1.82, 2.24) is 15.1 Å². The summed E-state index contributed by atoms with van der Waals surface area (Å²) in [7, 11) is 0. The molecule has 0 unspecified atom stereocenters. The standard InChI is InChI=1S/C17H21N3O6/c1-2-24-17(23)20-7-5-19(6-8-20)16(22)15(21)18-10-12-3-4-13-14(9-12)26-11-25-13/h3-4,9H,2,5-8,10-11H2,1H3,(H,18,21). The minimum atomic E-state index is -0.674. The van der Waals surface area contributed by atoms with E-state index < -0.39 is 17.9 Å². The molecule has 9 heteroatoms. The van der Waals surface area contributed by atoms with Crippen molar-refractivity contribution in [2.75, 3.05) is 39.6 Å². The quantitative estimate of drug-likeness (QED) is 0.778. The maximum absolute atomic E-state index is 12.2. The van der Waals surface area contributed by atoms with Crippen molar-refractivity contribution < 1.29 is 28.6 Å². The van der Waals surface area contributed by atoms with Crippen LogP contribution in [0.3, 0.4) is 0 Å². The number of piperazine rings is 1. The maximum Gasteiger partial charge on any atom is 0.409 e. The number of benzene rings is 1. The van der Waals surface area contributed by atoms with E-state index in [1.807, 2.05) is 0 Å². The van der Waals surface area contributed by atoms with E-state index in [2.05, 4.69) is 5.32 Å². The van der Waals surface area contributed by atoms with Crippen molar-refractivity contribution >= 4 is 17.9 Å². The molecule has 0 spiro atoms. The number of hydrogen-bond donors (Lipinski definition) is 1. The van der Waals surface area contributed by atoms with Gasteiger partial charge in [0.25, 0.3) is 0 Å². The summed E-state index contributed by atoms with van der Waals surface area (Å²) >= 11 is 0. The van der Waals surface area contributed by atoms with Crippen LogP contribution in [-0.2, 0) is 20.9 Å². The van der Waals surface area contributed by atoms with Gasteiger partial charge in [0.15, 0.2) is 11.5 Å². The summed E-state index contributed by atoms with van der Waals surface area (Å²) in [6.45, 7) is 3.73. The first kappa shape index (κ1) is 17.8. The third kappa shape index (κ3) is 3.98. The zero-order valence-electron chi connectivity index (χ0n) is 14.5. The van der Waals surface area contributed by atoms with Gasteiger partial charge in [0.05, 0.1) is 6.61 Å². The van der Waals surface area contributed by atoms with Crippen LogP contribution in [0, 0.1) is 0 Å². The summed E-state index contributed by atoms with van der Waals surface area (Å²) < 4.78 is 15.4. The first-order valence-electron chi connectivity index (χ1n) is 8.46. The number of ether oxygens (including phenoxy) is 3. The molecule has 1 fully saturated rings. The third-order valence-electron chi connectivity index (χ3n) is 4.18. The second kappa shape index (κ2) is 7.94. The Labute approximate surface area is 150 Å². The Hall–Kier alpha value is -2.97. The maximum atomic E-state index is 12.2. The lowest BCUT2D eigenvalue weighted by Crippen LogP contribution is -2.53. The van der Waals surface area contributed by atoms with Crippen LogP contribution >= 0.6 is 0 Å². The Balaban J connectivity index is 1.46. The molecule has 0 aromatic heterocycles. The molecule has 0 saturated carbocycles. The minimum absolute atomic E-state index is 0.182. The largest absolute Gasteiger partial charge is 0.454 e. The zero-order valence-corrected chi connectivity index (χ0v) is 14.5. The number of carbonyl (C=O) groups excluding carboxylic acids is 3. The van der Waals surface area contributed by atoms with E-state index in [1.54, 1.807) is 25.1 Å². The van der Waals surface area contributed by atoms with Crippen LogP contribution in [0.1, 0.15) is 12.5 Å². The predicted molar refractivity (Wildman–Crippen MR) is 89.6 cm³/mol. The van der Waals surface area contributed by atoms with Gasteiger partial charge in [-0.3, -0.25) is 9.59 Å². The number of nitrogens with zero attached hydrogens (tertiary/aromatic N) is 2. The highest BCUT2D eigenvalue weighted by atomic mass is 16.7.